The zero-order valence-electron chi connectivity index (χ0n) is 12.2. The van der Waals surface area contributed by atoms with Crippen molar-refractivity contribution in [2.75, 3.05) is 0 Å². The maximum Gasteiger partial charge on any atom is 0.176 e. The summed E-state index contributed by atoms with van der Waals surface area (Å²) in [6.45, 7) is 0. The molecule has 2 heterocycles. The monoisotopic (exact) mass is 329 g/mol. The van der Waals surface area contributed by atoms with Crippen molar-refractivity contribution in [3.8, 4) is 0 Å². The minimum Gasteiger partial charge on any atom is -0.384 e. The van der Waals surface area contributed by atoms with Gasteiger partial charge in [0.05, 0.1) is 11.2 Å². The first-order valence-electron chi connectivity index (χ1n) is 7.03. The number of nitrogens with two attached hydrogens (primary N) is 1. The number of nitrogens with zero attached hydrogens (tertiary/aromatic N) is 2. The quantitative estimate of drug-likeness (QED) is 0.720. The Hall–Kier alpha value is -2.37. The van der Waals surface area contributed by atoms with Crippen molar-refractivity contribution in [3.63, 3.8) is 0 Å². The van der Waals surface area contributed by atoms with E-state index in [1.165, 1.54) is 12.1 Å². The van der Waals surface area contributed by atoms with Gasteiger partial charge in [0.25, 0.3) is 0 Å². The first kappa shape index (κ1) is 14.2. The molecule has 1 aliphatic rings. The van der Waals surface area contributed by atoms with Crippen LogP contribution in [0.2, 0.25) is 5.02 Å². The Kier molecular flexibility index (Phi) is 2.83. The lowest BCUT2D eigenvalue weighted by Gasteiger charge is -2.26. The lowest BCUT2D eigenvalue weighted by atomic mass is 9.85. The van der Waals surface area contributed by atoms with Crippen LogP contribution in [0.4, 0.5) is 10.1 Å². The first-order chi connectivity index (χ1) is 10.9. The summed E-state index contributed by atoms with van der Waals surface area (Å²) in [7, 11) is 1.83. The molecule has 0 bridgehead atoms. The van der Waals surface area contributed by atoms with Crippen LogP contribution in [-0.2, 0) is 12.6 Å². The highest BCUT2D eigenvalue weighted by Gasteiger charge is 2.44. The van der Waals surface area contributed by atoms with Gasteiger partial charge in [-0.15, -0.1) is 0 Å². The number of benzene rings is 2. The fraction of sp³-hybridized carbons (Fsp3) is 0.118. The average molecular weight is 330 g/mol. The van der Waals surface area contributed by atoms with Crippen LogP contribution >= 0.6 is 11.6 Å². The molecule has 0 aliphatic carbocycles. The summed E-state index contributed by atoms with van der Waals surface area (Å²) in [5, 5.41) is 12.5. The summed E-state index contributed by atoms with van der Waals surface area (Å²) < 4.78 is 15.9. The molecule has 23 heavy (non-hydrogen) atoms. The Morgan fingerprint density at radius 2 is 2.00 bits per heavy atom. The molecule has 0 saturated heterocycles. The highest BCUT2D eigenvalue weighted by molar-refractivity contribution is 6.30. The Morgan fingerprint density at radius 1 is 1.22 bits per heavy atom. The predicted molar refractivity (Wildman–Crippen MR) is 88.6 cm³/mol. The van der Waals surface area contributed by atoms with Gasteiger partial charge in [0, 0.05) is 34.8 Å². The van der Waals surface area contributed by atoms with Gasteiger partial charge < -0.3 is 15.4 Å². The number of aromatic nitrogens is 1. The molecule has 0 saturated carbocycles. The Balaban J connectivity index is 2.11. The second-order valence-electron chi connectivity index (χ2n) is 5.69. The maximum atomic E-state index is 14.1. The van der Waals surface area contributed by atoms with Crippen LogP contribution in [0.25, 0.3) is 10.9 Å². The van der Waals surface area contributed by atoms with E-state index in [9.17, 15) is 9.50 Å². The van der Waals surface area contributed by atoms with Crippen molar-refractivity contribution in [3.05, 3.63) is 64.6 Å². The van der Waals surface area contributed by atoms with E-state index in [0.29, 0.717) is 32.7 Å². The number of halogens is 2. The molecule has 1 atom stereocenters. The van der Waals surface area contributed by atoms with Gasteiger partial charge >= 0.3 is 0 Å². The minimum absolute atomic E-state index is 0.00265. The van der Waals surface area contributed by atoms with Crippen LogP contribution in [0.15, 0.2) is 47.6 Å². The van der Waals surface area contributed by atoms with Gasteiger partial charge in [-0.25, -0.2) is 9.38 Å². The van der Waals surface area contributed by atoms with Gasteiger partial charge in [-0.3, -0.25) is 0 Å². The Bertz CT molecular complexity index is 995. The van der Waals surface area contributed by atoms with Crippen LogP contribution in [0.1, 0.15) is 11.1 Å². The zero-order chi connectivity index (χ0) is 16.4. The normalized spacial score (nSPS) is 19.9. The molecule has 0 amide bonds. The highest BCUT2D eigenvalue weighted by atomic mass is 35.5. The van der Waals surface area contributed by atoms with Gasteiger partial charge in [-0.05, 0) is 36.4 Å². The van der Waals surface area contributed by atoms with Gasteiger partial charge in [-0.1, -0.05) is 11.6 Å². The largest absolute Gasteiger partial charge is 0.384 e. The van der Waals surface area contributed by atoms with Gasteiger partial charge in [0.1, 0.15) is 11.7 Å². The third-order valence-corrected chi connectivity index (χ3v) is 4.52. The second-order valence-corrected chi connectivity index (χ2v) is 6.12. The second kappa shape index (κ2) is 4.57. The maximum absolute atomic E-state index is 14.1. The number of amidine groups is 1. The number of aliphatic imine (C=N–C) groups is 1. The highest BCUT2D eigenvalue weighted by Crippen LogP contribution is 2.45. The van der Waals surface area contributed by atoms with E-state index in [0.717, 1.165) is 0 Å². The van der Waals surface area contributed by atoms with Crippen LogP contribution in [0.3, 0.4) is 0 Å². The summed E-state index contributed by atoms with van der Waals surface area (Å²) in [5.74, 6) is -0.446. The summed E-state index contributed by atoms with van der Waals surface area (Å²) in [4.78, 5) is 4.23. The molecule has 0 fully saturated rings. The van der Waals surface area contributed by atoms with E-state index >= 15 is 0 Å². The van der Waals surface area contributed by atoms with Crippen LogP contribution in [-0.4, -0.2) is 15.5 Å². The number of rotatable bonds is 1. The molecule has 1 unspecified atom stereocenters. The fourth-order valence-corrected chi connectivity index (χ4v) is 3.38. The van der Waals surface area contributed by atoms with Crippen molar-refractivity contribution in [2.24, 2.45) is 17.8 Å². The van der Waals surface area contributed by atoms with E-state index in [-0.39, 0.29) is 5.84 Å². The lowest BCUT2D eigenvalue weighted by Crippen LogP contribution is -2.40. The molecule has 1 aliphatic heterocycles. The smallest absolute Gasteiger partial charge is 0.176 e. The molecule has 0 spiro atoms. The third kappa shape index (κ3) is 1.84. The van der Waals surface area contributed by atoms with Crippen molar-refractivity contribution in [1.82, 2.24) is 4.57 Å². The number of aliphatic hydroxyl groups is 1. The Morgan fingerprint density at radius 3 is 2.78 bits per heavy atom. The molecule has 3 aromatic rings. The lowest BCUT2D eigenvalue weighted by molar-refractivity contribution is 0.159. The summed E-state index contributed by atoms with van der Waals surface area (Å²) >= 11 is 6.06. The molecule has 4 rings (SSSR count). The molecule has 4 nitrogen and oxygen atoms in total. The summed E-state index contributed by atoms with van der Waals surface area (Å²) in [5.41, 5.74) is 6.34. The average Bonchev–Trinajstić information content (AvgIpc) is 2.99. The van der Waals surface area contributed by atoms with E-state index < -0.39 is 11.4 Å². The topological polar surface area (TPSA) is 63.5 Å². The van der Waals surface area contributed by atoms with Gasteiger partial charge in [-0.2, -0.15) is 0 Å². The van der Waals surface area contributed by atoms with Gasteiger partial charge in [0.2, 0.25) is 0 Å². The van der Waals surface area contributed by atoms with E-state index in [1.807, 2.05) is 11.6 Å². The van der Waals surface area contributed by atoms with E-state index in [4.69, 9.17) is 17.3 Å². The molecule has 6 heteroatoms. The molecular formula is C17H13ClFN3O. The molecule has 2 aromatic carbocycles. The molecule has 116 valence electrons. The molecule has 0 radical (unpaired) electrons. The molecule has 3 N–H and O–H groups in total. The molecule has 1 aromatic heterocycles. The van der Waals surface area contributed by atoms with Gasteiger partial charge in [0.15, 0.2) is 5.60 Å². The van der Waals surface area contributed by atoms with Crippen molar-refractivity contribution in [1.29, 1.82) is 0 Å². The third-order valence-electron chi connectivity index (χ3n) is 4.28. The summed E-state index contributed by atoms with van der Waals surface area (Å²) in [6, 6.07) is 9.47. The van der Waals surface area contributed by atoms with Crippen molar-refractivity contribution >= 4 is 34.0 Å². The standard InChI is InChI=1S/C17H13ClFN3O/c1-22-5-4-9-6-11(19)8-13(15(9)22)17(23)12-7-10(18)2-3-14(12)21-16(17)20/h2-8,23H,1H3,(H2,20,21). The summed E-state index contributed by atoms with van der Waals surface area (Å²) in [6.07, 6.45) is 1.80. The van der Waals surface area contributed by atoms with Crippen molar-refractivity contribution in [2.45, 2.75) is 5.60 Å². The van der Waals surface area contributed by atoms with Crippen molar-refractivity contribution < 1.29 is 9.50 Å². The van der Waals surface area contributed by atoms with Crippen LogP contribution in [0.5, 0.6) is 0 Å². The number of fused-ring (bicyclic) bond motifs is 2. The van der Waals surface area contributed by atoms with Crippen LogP contribution < -0.4 is 5.73 Å². The minimum atomic E-state index is -1.72. The number of aryl methyl sites for hydroxylation is 1. The predicted octanol–water partition coefficient (Wildman–Crippen LogP) is 3.21. The van der Waals surface area contributed by atoms with E-state index in [1.54, 1.807) is 30.5 Å². The number of hydrogen-bond donors (Lipinski definition) is 2. The Labute approximate surface area is 136 Å². The first-order valence-corrected chi connectivity index (χ1v) is 7.41. The SMILES string of the molecule is Cn1ccc2cc(F)cc(C3(O)C(N)=Nc4ccc(Cl)cc43)c21. The molecular weight excluding hydrogens is 317 g/mol. The number of hydrogen-bond acceptors (Lipinski definition) is 3. The fourth-order valence-electron chi connectivity index (χ4n) is 3.21. The van der Waals surface area contributed by atoms with E-state index in [2.05, 4.69) is 4.99 Å². The van der Waals surface area contributed by atoms with Crippen LogP contribution in [0, 0.1) is 5.82 Å². The zero-order valence-corrected chi connectivity index (χ0v) is 13.0.